The van der Waals surface area contributed by atoms with Crippen molar-refractivity contribution < 1.29 is 39.5 Å². The Hall–Kier alpha value is -1.33. The summed E-state index contributed by atoms with van der Waals surface area (Å²) in [6, 6.07) is 17.2. The number of carbonyl (C=O) groups is 1. The first-order chi connectivity index (χ1) is 12.0. The summed E-state index contributed by atoms with van der Waals surface area (Å²) in [4.78, 5) is 12.1. The van der Waals surface area contributed by atoms with Crippen LogP contribution in [-0.2, 0) is 0 Å². The topological polar surface area (TPSA) is 76.0 Å². The van der Waals surface area contributed by atoms with Crippen LogP contribution in [0, 0.1) is 11.3 Å². The molecule has 2 aromatic carbocycles. The van der Waals surface area contributed by atoms with Crippen molar-refractivity contribution in [3.8, 4) is 6.07 Å². The summed E-state index contributed by atoms with van der Waals surface area (Å²) in [6.45, 7) is 0. The van der Waals surface area contributed by atoms with Crippen LogP contribution in [0.2, 0.25) is 5.02 Å². The summed E-state index contributed by atoms with van der Waals surface area (Å²) < 4.78 is 0.0661. The third-order valence-electron chi connectivity index (χ3n) is 3.10. The van der Waals surface area contributed by atoms with Crippen molar-refractivity contribution in [2.24, 2.45) is 0 Å². The van der Waals surface area contributed by atoms with Crippen LogP contribution < -0.4 is 40.0 Å². The number of nitrogens with one attached hydrogen (secondary N) is 1. The molecule has 2 rings (SSSR count). The Morgan fingerprint density at radius 1 is 1.19 bits per heavy atom. The van der Waals surface area contributed by atoms with E-state index in [1.165, 1.54) is 0 Å². The normalized spacial score (nSPS) is 10.8. The molecule has 0 unspecified atom stereocenters. The van der Waals surface area contributed by atoms with Gasteiger partial charge in [0.2, 0.25) is 0 Å². The van der Waals surface area contributed by atoms with Crippen molar-refractivity contribution >= 4 is 51.2 Å². The van der Waals surface area contributed by atoms with Crippen LogP contribution in [0.1, 0.15) is 10.4 Å². The molecule has 0 heterocycles. The summed E-state index contributed by atoms with van der Waals surface area (Å²) in [5, 5.41) is 24.4. The Bertz CT molecular complexity index is 867. The number of hydrogen-bond donors (Lipinski definition) is 1. The number of anilines is 1. The van der Waals surface area contributed by atoms with Crippen LogP contribution in [0.25, 0.3) is 0 Å². The quantitative estimate of drug-likeness (QED) is 0.189. The van der Waals surface area contributed by atoms with Crippen LogP contribution >= 0.6 is 35.6 Å². The second-order valence-corrected chi connectivity index (χ2v) is 6.85. The molecular weight excluding hydrogens is 399 g/mol. The van der Waals surface area contributed by atoms with Gasteiger partial charge in [0.15, 0.2) is 5.78 Å². The number of para-hydroxylation sites is 1. The molecule has 4 nitrogen and oxygen atoms in total. The fourth-order valence-electron chi connectivity index (χ4n) is 1.85. The number of benzene rings is 2. The summed E-state index contributed by atoms with van der Waals surface area (Å²) in [5.41, 5.74) is 0.715. The average Bonchev–Trinajstić information content (AvgIpc) is 2.63. The van der Waals surface area contributed by atoms with Gasteiger partial charge in [0.05, 0.1) is 26.2 Å². The van der Waals surface area contributed by atoms with Crippen molar-refractivity contribution in [2.75, 3.05) is 11.1 Å². The number of thioether (sulfide) groups is 1. The Kier molecular flexibility index (Phi) is 9.96. The SMILES string of the molecule is N#C/C(C(=S)SCC(=O)c1ccccc1)=C(/[O-])Nc1ccccc1Cl.[Na+]. The summed E-state index contributed by atoms with van der Waals surface area (Å²) >= 11 is 12.1. The van der Waals surface area contributed by atoms with Gasteiger partial charge in [-0.3, -0.25) is 4.79 Å². The zero-order valence-electron chi connectivity index (χ0n) is 13.9. The maximum atomic E-state index is 12.2. The molecule has 0 aliphatic heterocycles. The first kappa shape index (κ1) is 22.7. The molecule has 0 saturated heterocycles. The molecule has 2 aromatic rings. The second kappa shape index (κ2) is 11.4. The van der Waals surface area contributed by atoms with Crippen LogP contribution in [0.4, 0.5) is 5.69 Å². The number of rotatable bonds is 6. The van der Waals surface area contributed by atoms with Gasteiger partial charge < -0.3 is 10.4 Å². The Morgan fingerprint density at radius 2 is 1.81 bits per heavy atom. The molecule has 0 aromatic heterocycles. The second-order valence-electron chi connectivity index (χ2n) is 4.79. The van der Waals surface area contributed by atoms with E-state index in [0.717, 1.165) is 11.8 Å². The molecule has 0 amide bonds. The molecule has 126 valence electrons. The Labute approximate surface area is 188 Å². The van der Waals surface area contributed by atoms with E-state index >= 15 is 0 Å². The van der Waals surface area contributed by atoms with Gasteiger partial charge in [-0.15, -0.1) is 11.8 Å². The molecule has 0 spiro atoms. The number of hydrogen-bond acceptors (Lipinski definition) is 6. The van der Waals surface area contributed by atoms with Crippen molar-refractivity contribution in [3.05, 3.63) is 76.6 Å². The first-order valence-electron chi connectivity index (χ1n) is 7.11. The van der Waals surface area contributed by atoms with Crippen molar-refractivity contribution in [2.45, 2.75) is 0 Å². The molecule has 0 fully saturated rings. The van der Waals surface area contributed by atoms with Gasteiger partial charge in [0, 0.05) is 5.56 Å². The van der Waals surface area contributed by atoms with Gasteiger partial charge in [0.1, 0.15) is 6.07 Å². The molecular formula is C18H12ClN2NaO2S2. The smallest absolute Gasteiger partial charge is 0.859 e. The fourth-order valence-corrected chi connectivity index (χ4v) is 3.06. The van der Waals surface area contributed by atoms with Crippen molar-refractivity contribution in [1.82, 2.24) is 0 Å². The maximum Gasteiger partial charge on any atom is 1.00 e. The minimum Gasteiger partial charge on any atom is -0.859 e. The largest absolute Gasteiger partial charge is 1.00 e. The van der Waals surface area contributed by atoms with E-state index in [1.807, 2.05) is 6.07 Å². The maximum absolute atomic E-state index is 12.2. The number of Topliss-reactive ketones (excluding diaryl/α,β-unsaturated/α-hetero) is 1. The predicted octanol–water partition coefficient (Wildman–Crippen LogP) is 0.795. The minimum absolute atomic E-state index is 0. The molecule has 0 aliphatic carbocycles. The molecule has 8 heteroatoms. The monoisotopic (exact) mass is 410 g/mol. The number of thiocarbonyl (C=S) groups is 1. The summed E-state index contributed by atoms with van der Waals surface area (Å²) in [5.74, 6) is -0.732. The standard InChI is InChI=1S/C18H13ClN2O2S2.Na/c19-14-8-4-5-9-15(14)21-17(23)13(10-20)18(24)25-11-16(22)12-6-2-1-3-7-12;/h1-9,21,23H,11H2;/q;+1/p-1/b17-13-;. The predicted molar refractivity (Wildman–Crippen MR) is 104 cm³/mol. The molecule has 0 aliphatic rings. The van der Waals surface area contributed by atoms with Gasteiger partial charge in [-0.25, -0.2) is 0 Å². The molecule has 0 atom stereocenters. The van der Waals surface area contributed by atoms with Crippen LogP contribution in [0.3, 0.4) is 0 Å². The number of ketones is 1. The van der Waals surface area contributed by atoms with E-state index in [4.69, 9.17) is 23.8 Å². The minimum atomic E-state index is -0.653. The zero-order valence-corrected chi connectivity index (χ0v) is 18.3. The Balaban J connectivity index is 0.00000338. The van der Waals surface area contributed by atoms with E-state index in [0.29, 0.717) is 16.3 Å². The summed E-state index contributed by atoms with van der Waals surface area (Å²) in [6.07, 6.45) is 0. The number of nitrogens with zero attached hydrogens (tertiary/aromatic N) is 1. The van der Waals surface area contributed by atoms with Crippen LogP contribution in [-0.4, -0.2) is 15.7 Å². The van der Waals surface area contributed by atoms with Gasteiger partial charge in [0.25, 0.3) is 0 Å². The van der Waals surface area contributed by atoms with Gasteiger partial charge in [-0.1, -0.05) is 66.3 Å². The number of carbonyl (C=O) groups excluding carboxylic acids is 1. The van der Waals surface area contributed by atoms with Gasteiger partial charge >= 0.3 is 29.6 Å². The first-order valence-corrected chi connectivity index (χ1v) is 8.88. The third kappa shape index (κ3) is 6.44. The molecule has 26 heavy (non-hydrogen) atoms. The molecule has 0 radical (unpaired) electrons. The van der Waals surface area contributed by atoms with E-state index in [2.05, 4.69) is 5.32 Å². The van der Waals surface area contributed by atoms with Crippen molar-refractivity contribution in [3.63, 3.8) is 0 Å². The average molecular weight is 411 g/mol. The van der Waals surface area contributed by atoms with E-state index in [1.54, 1.807) is 54.6 Å². The van der Waals surface area contributed by atoms with Gasteiger partial charge in [-0.05, 0) is 18.0 Å². The third-order valence-corrected chi connectivity index (χ3v) is 4.86. The van der Waals surface area contributed by atoms with E-state index in [9.17, 15) is 15.2 Å². The van der Waals surface area contributed by atoms with Crippen LogP contribution in [0.15, 0.2) is 66.1 Å². The molecule has 1 N–H and O–H groups in total. The van der Waals surface area contributed by atoms with E-state index in [-0.39, 0.29) is 50.9 Å². The Morgan fingerprint density at radius 3 is 2.42 bits per heavy atom. The number of halogens is 1. The fraction of sp³-hybridized carbons (Fsp3) is 0.0556. The van der Waals surface area contributed by atoms with Gasteiger partial charge in [-0.2, -0.15) is 5.26 Å². The van der Waals surface area contributed by atoms with E-state index < -0.39 is 5.88 Å². The van der Waals surface area contributed by atoms with Crippen LogP contribution in [0.5, 0.6) is 0 Å². The van der Waals surface area contributed by atoms with Crippen molar-refractivity contribution in [1.29, 1.82) is 5.26 Å². The number of nitriles is 1. The molecule has 0 saturated carbocycles. The molecule has 0 bridgehead atoms. The summed E-state index contributed by atoms with van der Waals surface area (Å²) in [7, 11) is 0. The zero-order chi connectivity index (χ0) is 18.2.